The van der Waals surface area contributed by atoms with E-state index in [0.717, 1.165) is 30.2 Å². The van der Waals surface area contributed by atoms with Crippen molar-refractivity contribution in [3.8, 4) is 0 Å². The maximum absolute atomic E-state index is 4.63. The van der Waals surface area contributed by atoms with Gasteiger partial charge in [-0.2, -0.15) is 0 Å². The van der Waals surface area contributed by atoms with Gasteiger partial charge in [0.2, 0.25) is 0 Å². The molecule has 2 N–H and O–H groups in total. The van der Waals surface area contributed by atoms with Crippen molar-refractivity contribution in [2.75, 3.05) is 30.5 Å². The normalized spacial score (nSPS) is 14.1. The molecule has 4 nitrogen and oxygen atoms in total. The van der Waals surface area contributed by atoms with Gasteiger partial charge < -0.3 is 4.90 Å². The molecule has 2 aromatic carbocycles. The first-order chi connectivity index (χ1) is 9.84. The van der Waals surface area contributed by atoms with Gasteiger partial charge in [0.15, 0.2) is 0 Å². The lowest BCUT2D eigenvalue weighted by Crippen LogP contribution is -2.30. The Morgan fingerprint density at radius 2 is 1.70 bits per heavy atom. The lowest BCUT2D eigenvalue weighted by Gasteiger charge is -2.19. The Hall–Kier alpha value is -2.49. The van der Waals surface area contributed by atoms with E-state index in [1.54, 1.807) is 0 Å². The van der Waals surface area contributed by atoms with Gasteiger partial charge in [-0.15, -0.1) is 0 Å². The summed E-state index contributed by atoms with van der Waals surface area (Å²) in [7, 11) is 2.10. The number of aliphatic imine (C=N–C) groups is 1. The molecule has 2 aromatic rings. The topological polar surface area (TPSA) is 39.7 Å². The van der Waals surface area contributed by atoms with Crippen molar-refractivity contribution >= 4 is 17.2 Å². The van der Waals surface area contributed by atoms with Gasteiger partial charge in [0.05, 0.1) is 12.2 Å². The molecule has 0 atom stereocenters. The first kappa shape index (κ1) is 12.5. The van der Waals surface area contributed by atoms with Crippen molar-refractivity contribution in [1.29, 1.82) is 0 Å². The number of benzodiazepines with no additional fused rings is 1. The molecule has 1 aliphatic heterocycles. The number of hydrazine groups is 1. The van der Waals surface area contributed by atoms with Crippen molar-refractivity contribution in [2.45, 2.75) is 0 Å². The molecule has 0 radical (unpaired) electrons. The molecule has 3 rings (SSSR count). The summed E-state index contributed by atoms with van der Waals surface area (Å²) in [6.45, 7) is 1.71. The number of benzene rings is 2. The Labute approximate surface area is 119 Å². The molecule has 0 aliphatic carbocycles. The SMILES string of the molecule is CN1CCN=C(NNc2ccccc2)c2ccccc21. The third-order valence-corrected chi connectivity index (χ3v) is 3.37. The van der Waals surface area contributed by atoms with E-state index in [9.17, 15) is 0 Å². The molecule has 20 heavy (non-hydrogen) atoms. The number of anilines is 2. The number of hydrogen-bond acceptors (Lipinski definition) is 4. The molecular weight excluding hydrogens is 248 g/mol. The number of rotatable bonds is 2. The molecule has 0 bridgehead atoms. The number of amidine groups is 1. The molecule has 0 saturated heterocycles. The maximum atomic E-state index is 4.63. The fourth-order valence-electron chi connectivity index (χ4n) is 2.28. The van der Waals surface area contributed by atoms with E-state index in [1.165, 1.54) is 5.69 Å². The maximum Gasteiger partial charge on any atom is 0.149 e. The molecule has 1 heterocycles. The lowest BCUT2D eigenvalue weighted by atomic mass is 10.1. The number of para-hydroxylation sites is 2. The van der Waals surface area contributed by atoms with Crippen LogP contribution in [0.1, 0.15) is 5.56 Å². The quantitative estimate of drug-likeness (QED) is 0.820. The molecular formula is C16H18N4. The van der Waals surface area contributed by atoms with Gasteiger partial charge in [0.1, 0.15) is 5.84 Å². The summed E-state index contributed by atoms with van der Waals surface area (Å²) in [5.74, 6) is 0.883. The smallest absolute Gasteiger partial charge is 0.149 e. The summed E-state index contributed by atoms with van der Waals surface area (Å²) in [4.78, 5) is 6.86. The van der Waals surface area contributed by atoms with Crippen LogP contribution in [0.3, 0.4) is 0 Å². The van der Waals surface area contributed by atoms with E-state index in [2.05, 4.69) is 46.0 Å². The van der Waals surface area contributed by atoms with Gasteiger partial charge >= 0.3 is 0 Å². The van der Waals surface area contributed by atoms with Crippen LogP contribution < -0.4 is 15.8 Å². The van der Waals surface area contributed by atoms with Crippen LogP contribution >= 0.6 is 0 Å². The summed E-state index contributed by atoms with van der Waals surface area (Å²) in [5.41, 5.74) is 9.77. The number of nitrogens with zero attached hydrogens (tertiary/aromatic N) is 2. The van der Waals surface area contributed by atoms with Gasteiger partial charge in [-0.25, -0.2) is 0 Å². The van der Waals surface area contributed by atoms with E-state index in [1.807, 2.05) is 36.4 Å². The summed E-state index contributed by atoms with van der Waals surface area (Å²) in [5, 5.41) is 0. The molecule has 0 fully saturated rings. The van der Waals surface area contributed by atoms with Gasteiger partial charge in [-0.05, 0) is 24.3 Å². The van der Waals surface area contributed by atoms with Crippen LogP contribution in [0.25, 0.3) is 0 Å². The van der Waals surface area contributed by atoms with Gasteiger partial charge in [0, 0.05) is 24.8 Å². The minimum Gasteiger partial charge on any atom is -0.372 e. The third-order valence-electron chi connectivity index (χ3n) is 3.37. The predicted molar refractivity (Wildman–Crippen MR) is 84.3 cm³/mol. The Morgan fingerprint density at radius 1 is 0.950 bits per heavy atom. The van der Waals surface area contributed by atoms with Crippen molar-refractivity contribution in [3.63, 3.8) is 0 Å². The first-order valence-corrected chi connectivity index (χ1v) is 6.76. The Morgan fingerprint density at radius 3 is 2.55 bits per heavy atom. The largest absolute Gasteiger partial charge is 0.372 e. The number of nitrogens with one attached hydrogen (secondary N) is 2. The van der Waals surface area contributed by atoms with E-state index >= 15 is 0 Å². The average molecular weight is 266 g/mol. The second kappa shape index (κ2) is 5.65. The van der Waals surface area contributed by atoms with Crippen LogP contribution in [0, 0.1) is 0 Å². The molecule has 0 spiro atoms. The van der Waals surface area contributed by atoms with Gasteiger partial charge in [0.25, 0.3) is 0 Å². The minimum atomic E-state index is 0.782. The van der Waals surface area contributed by atoms with Crippen LogP contribution in [-0.4, -0.2) is 26.0 Å². The Kier molecular flexibility index (Phi) is 3.54. The fraction of sp³-hybridized carbons (Fsp3) is 0.188. The first-order valence-electron chi connectivity index (χ1n) is 6.76. The number of likely N-dealkylation sites (N-methyl/N-ethyl adjacent to an activating group) is 1. The molecule has 1 aliphatic rings. The Balaban J connectivity index is 1.82. The van der Waals surface area contributed by atoms with E-state index in [4.69, 9.17) is 0 Å². The monoisotopic (exact) mass is 266 g/mol. The Bertz CT molecular complexity index is 607. The predicted octanol–water partition coefficient (Wildman–Crippen LogP) is 2.50. The van der Waals surface area contributed by atoms with E-state index in [0.29, 0.717) is 0 Å². The highest BCUT2D eigenvalue weighted by atomic mass is 15.4. The highest BCUT2D eigenvalue weighted by Crippen LogP contribution is 2.21. The second-order valence-corrected chi connectivity index (χ2v) is 4.79. The zero-order valence-corrected chi connectivity index (χ0v) is 11.5. The van der Waals surface area contributed by atoms with Crippen molar-refractivity contribution < 1.29 is 0 Å². The number of hydrogen-bond donors (Lipinski definition) is 2. The standard InChI is InChI=1S/C16H18N4/c1-20-12-11-17-16(14-9-5-6-10-15(14)20)19-18-13-7-3-2-4-8-13/h2-10,18H,11-12H2,1H3,(H,17,19). The highest BCUT2D eigenvalue weighted by molar-refractivity contribution is 6.04. The molecule has 0 amide bonds. The zero-order valence-electron chi connectivity index (χ0n) is 11.5. The molecule has 102 valence electrons. The summed E-state index contributed by atoms with van der Waals surface area (Å²) in [6, 6.07) is 18.3. The third kappa shape index (κ3) is 2.59. The van der Waals surface area contributed by atoms with E-state index in [-0.39, 0.29) is 0 Å². The molecule has 0 aromatic heterocycles. The van der Waals surface area contributed by atoms with Gasteiger partial charge in [-0.1, -0.05) is 30.3 Å². The zero-order chi connectivity index (χ0) is 13.8. The average Bonchev–Trinajstić information content (AvgIpc) is 2.66. The van der Waals surface area contributed by atoms with Crippen molar-refractivity contribution in [1.82, 2.24) is 5.43 Å². The highest BCUT2D eigenvalue weighted by Gasteiger charge is 2.15. The molecule has 0 saturated carbocycles. The minimum absolute atomic E-state index is 0.782. The molecule has 0 unspecified atom stereocenters. The second-order valence-electron chi connectivity index (χ2n) is 4.79. The van der Waals surface area contributed by atoms with Crippen LogP contribution in [0.2, 0.25) is 0 Å². The molecule has 4 heteroatoms. The van der Waals surface area contributed by atoms with E-state index < -0.39 is 0 Å². The van der Waals surface area contributed by atoms with Crippen LogP contribution in [0.5, 0.6) is 0 Å². The lowest BCUT2D eigenvalue weighted by molar-refractivity contribution is 0.893. The number of fused-ring (bicyclic) bond motifs is 1. The van der Waals surface area contributed by atoms with Crippen molar-refractivity contribution in [2.24, 2.45) is 4.99 Å². The fourth-order valence-corrected chi connectivity index (χ4v) is 2.28. The van der Waals surface area contributed by atoms with Crippen LogP contribution in [0.15, 0.2) is 59.6 Å². The van der Waals surface area contributed by atoms with Crippen LogP contribution in [-0.2, 0) is 0 Å². The summed E-state index contributed by atoms with van der Waals surface area (Å²) < 4.78 is 0. The van der Waals surface area contributed by atoms with Crippen molar-refractivity contribution in [3.05, 3.63) is 60.2 Å². The van der Waals surface area contributed by atoms with Gasteiger partial charge in [-0.3, -0.25) is 15.8 Å². The summed E-state index contributed by atoms with van der Waals surface area (Å²) >= 11 is 0. The van der Waals surface area contributed by atoms with Crippen LogP contribution in [0.4, 0.5) is 11.4 Å². The summed E-state index contributed by atoms with van der Waals surface area (Å²) in [6.07, 6.45) is 0.